The minimum absolute atomic E-state index is 0.629. The van der Waals surface area contributed by atoms with Gasteiger partial charge in [-0.1, -0.05) is 33.3 Å². The molecule has 1 N–H and O–H groups in total. The van der Waals surface area contributed by atoms with E-state index in [0.29, 0.717) is 6.04 Å². The SMILES string of the molecule is CCCCN(Cc1ccc(CNCC)cn1)C(C)CC. The molecule has 114 valence electrons. The molecule has 1 aromatic rings. The summed E-state index contributed by atoms with van der Waals surface area (Å²) in [6.45, 7) is 13.0. The van der Waals surface area contributed by atoms with Gasteiger partial charge in [0.25, 0.3) is 0 Å². The van der Waals surface area contributed by atoms with Gasteiger partial charge in [0.1, 0.15) is 0 Å². The maximum Gasteiger partial charge on any atom is 0.0544 e. The zero-order valence-electron chi connectivity index (χ0n) is 13.7. The van der Waals surface area contributed by atoms with Crippen LogP contribution < -0.4 is 5.32 Å². The molecule has 1 atom stereocenters. The van der Waals surface area contributed by atoms with E-state index >= 15 is 0 Å². The lowest BCUT2D eigenvalue weighted by atomic mass is 10.1. The molecule has 0 saturated carbocycles. The molecule has 1 aromatic heterocycles. The van der Waals surface area contributed by atoms with E-state index in [0.717, 1.165) is 19.6 Å². The molecule has 0 fully saturated rings. The standard InChI is InChI=1S/C17H31N3/c1-5-8-11-20(15(4)6-2)14-17-10-9-16(13-19-17)12-18-7-3/h9-10,13,15,18H,5-8,11-12,14H2,1-4H3. The van der Waals surface area contributed by atoms with Crippen LogP contribution in [0.15, 0.2) is 18.3 Å². The predicted molar refractivity (Wildman–Crippen MR) is 86.7 cm³/mol. The summed E-state index contributed by atoms with van der Waals surface area (Å²) in [5, 5.41) is 3.33. The fourth-order valence-corrected chi connectivity index (χ4v) is 2.21. The maximum atomic E-state index is 4.61. The molecule has 0 spiro atoms. The van der Waals surface area contributed by atoms with Crippen LogP contribution in [0.3, 0.4) is 0 Å². The van der Waals surface area contributed by atoms with E-state index in [1.807, 2.05) is 6.20 Å². The van der Waals surface area contributed by atoms with Crippen molar-refractivity contribution in [3.05, 3.63) is 29.6 Å². The number of hydrogen-bond acceptors (Lipinski definition) is 3. The number of hydrogen-bond donors (Lipinski definition) is 1. The van der Waals surface area contributed by atoms with Crippen LogP contribution in [0.4, 0.5) is 0 Å². The number of aromatic nitrogens is 1. The molecule has 1 rings (SSSR count). The monoisotopic (exact) mass is 277 g/mol. The molecule has 0 radical (unpaired) electrons. The number of nitrogens with zero attached hydrogens (tertiary/aromatic N) is 2. The lowest BCUT2D eigenvalue weighted by Crippen LogP contribution is -2.33. The molecule has 0 aliphatic heterocycles. The Morgan fingerprint density at radius 1 is 1.25 bits per heavy atom. The number of rotatable bonds is 10. The Morgan fingerprint density at radius 2 is 2.05 bits per heavy atom. The third-order valence-corrected chi connectivity index (χ3v) is 3.84. The zero-order valence-corrected chi connectivity index (χ0v) is 13.7. The average Bonchev–Trinajstić information content (AvgIpc) is 2.49. The van der Waals surface area contributed by atoms with E-state index in [2.05, 4.69) is 55.0 Å². The van der Waals surface area contributed by atoms with Crippen LogP contribution >= 0.6 is 0 Å². The van der Waals surface area contributed by atoms with Gasteiger partial charge in [0.2, 0.25) is 0 Å². The highest BCUT2D eigenvalue weighted by molar-refractivity contribution is 5.14. The van der Waals surface area contributed by atoms with Gasteiger partial charge in [-0.05, 0) is 44.5 Å². The summed E-state index contributed by atoms with van der Waals surface area (Å²) in [4.78, 5) is 7.17. The Kier molecular flexibility index (Phi) is 8.47. The first kappa shape index (κ1) is 17.1. The smallest absolute Gasteiger partial charge is 0.0544 e. The number of unbranched alkanes of at least 4 members (excludes halogenated alkanes) is 1. The second-order valence-corrected chi connectivity index (χ2v) is 5.52. The second kappa shape index (κ2) is 9.89. The summed E-state index contributed by atoms with van der Waals surface area (Å²) >= 11 is 0. The Balaban J connectivity index is 2.58. The summed E-state index contributed by atoms with van der Waals surface area (Å²) in [6.07, 6.45) is 5.72. The highest BCUT2D eigenvalue weighted by Gasteiger charge is 2.12. The lowest BCUT2D eigenvalue weighted by Gasteiger charge is -2.28. The van der Waals surface area contributed by atoms with Crippen molar-refractivity contribution in [3.8, 4) is 0 Å². The van der Waals surface area contributed by atoms with Crippen molar-refractivity contribution in [3.63, 3.8) is 0 Å². The fourth-order valence-electron chi connectivity index (χ4n) is 2.21. The van der Waals surface area contributed by atoms with Crippen molar-refractivity contribution in [1.29, 1.82) is 0 Å². The van der Waals surface area contributed by atoms with Gasteiger partial charge in [-0.3, -0.25) is 9.88 Å². The molecule has 0 aliphatic carbocycles. The van der Waals surface area contributed by atoms with Crippen LogP contribution in [0.2, 0.25) is 0 Å². The normalized spacial score (nSPS) is 12.8. The van der Waals surface area contributed by atoms with Crippen molar-refractivity contribution >= 4 is 0 Å². The number of nitrogens with one attached hydrogen (secondary N) is 1. The van der Waals surface area contributed by atoms with Gasteiger partial charge in [-0.25, -0.2) is 0 Å². The van der Waals surface area contributed by atoms with Crippen LogP contribution in [0.1, 0.15) is 58.2 Å². The Hall–Kier alpha value is -0.930. The van der Waals surface area contributed by atoms with E-state index in [-0.39, 0.29) is 0 Å². The molecule has 0 saturated heterocycles. The highest BCUT2D eigenvalue weighted by Crippen LogP contribution is 2.11. The van der Waals surface area contributed by atoms with Crippen LogP contribution in [0, 0.1) is 0 Å². The van der Waals surface area contributed by atoms with Gasteiger partial charge < -0.3 is 5.32 Å². The van der Waals surface area contributed by atoms with Crippen molar-refractivity contribution in [2.75, 3.05) is 13.1 Å². The predicted octanol–water partition coefficient (Wildman–Crippen LogP) is 3.59. The van der Waals surface area contributed by atoms with E-state index in [4.69, 9.17) is 0 Å². The Bertz CT molecular complexity index is 348. The molecule has 20 heavy (non-hydrogen) atoms. The molecule has 0 amide bonds. The van der Waals surface area contributed by atoms with Gasteiger partial charge in [0.05, 0.1) is 5.69 Å². The second-order valence-electron chi connectivity index (χ2n) is 5.52. The molecule has 1 unspecified atom stereocenters. The molecule has 0 aromatic carbocycles. The molecular weight excluding hydrogens is 246 g/mol. The molecule has 1 heterocycles. The average molecular weight is 277 g/mol. The van der Waals surface area contributed by atoms with Crippen molar-refractivity contribution < 1.29 is 0 Å². The largest absolute Gasteiger partial charge is 0.313 e. The van der Waals surface area contributed by atoms with E-state index in [9.17, 15) is 0 Å². The van der Waals surface area contributed by atoms with Crippen LogP contribution in [0.5, 0.6) is 0 Å². The molecule has 3 nitrogen and oxygen atoms in total. The van der Waals surface area contributed by atoms with Crippen LogP contribution in [-0.4, -0.2) is 29.0 Å². The van der Waals surface area contributed by atoms with Crippen molar-refractivity contribution in [1.82, 2.24) is 15.2 Å². The lowest BCUT2D eigenvalue weighted by molar-refractivity contribution is 0.190. The summed E-state index contributed by atoms with van der Waals surface area (Å²) < 4.78 is 0. The first-order valence-electron chi connectivity index (χ1n) is 8.09. The third-order valence-electron chi connectivity index (χ3n) is 3.84. The van der Waals surface area contributed by atoms with Crippen molar-refractivity contribution in [2.45, 2.75) is 66.1 Å². The van der Waals surface area contributed by atoms with E-state index in [1.165, 1.54) is 37.1 Å². The van der Waals surface area contributed by atoms with Gasteiger partial charge >= 0.3 is 0 Å². The van der Waals surface area contributed by atoms with Gasteiger partial charge in [0.15, 0.2) is 0 Å². The fraction of sp³-hybridized carbons (Fsp3) is 0.706. The topological polar surface area (TPSA) is 28.2 Å². The third kappa shape index (κ3) is 6.02. The summed E-state index contributed by atoms with van der Waals surface area (Å²) in [5.41, 5.74) is 2.45. The maximum absolute atomic E-state index is 4.61. The molecular formula is C17H31N3. The first-order chi connectivity index (χ1) is 9.71. The highest BCUT2D eigenvalue weighted by atomic mass is 15.2. The molecule has 0 bridgehead atoms. The van der Waals surface area contributed by atoms with Gasteiger partial charge in [-0.15, -0.1) is 0 Å². The van der Waals surface area contributed by atoms with E-state index < -0.39 is 0 Å². The summed E-state index contributed by atoms with van der Waals surface area (Å²) in [5.74, 6) is 0. The summed E-state index contributed by atoms with van der Waals surface area (Å²) in [7, 11) is 0. The van der Waals surface area contributed by atoms with Crippen LogP contribution in [-0.2, 0) is 13.1 Å². The molecule has 3 heteroatoms. The van der Waals surface area contributed by atoms with E-state index in [1.54, 1.807) is 0 Å². The minimum atomic E-state index is 0.629. The van der Waals surface area contributed by atoms with Gasteiger partial charge in [0, 0.05) is 25.3 Å². The summed E-state index contributed by atoms with van der Waals surface area (Å²) in [6, 6.07) is 5.00. The van der Waals surface area contributed by atoms with Crippen molar-refractivity contribution in [2.24, 2.45) is 0 Å². The van der Waals surface area contributed by atoms with Crippen LogP contribution in [0.25, 0.3) is 0 Å². The Labute approximate surface area is 124 Å². The first-order valence-corrected chi connectivity index (χ1v) is 8.09. The molecule has 0 aliphatic rings. The minimum Gasteiger partial charge on any atom is -0.313 e. The van der Waals surface area contributed by atoms with Gasteiger partial charge in [-0.2, -0.15) is 0 Å². The zero-order chi connectivity index (χ0) is 14.8. The Morgan fingerprint density at radius 3 is 2.60 bits per heavy atom. The quantitative estimate of drug-likeness (QED) is 0.708. The number of pyridine rings is 1.